The molecule has 2 fully saturated rings. The molecule has 124 valence electrons. The molecular weight excluding hydrogens is 262 g/mol. The van der Waals surface area contributed by atoms with Gasteiger partial charge in [0.2, 0.25) is 0 Å². The van der Waals surface area contributed by atoms with E-state index in [1.807, 2.05) is 0 Å². The van der Waals surface area contributed by atoms with Gasteiger partial charge in [-0.2, -0.15) is 0 Å². The summed E-state index contributed by atoms with van der Waals surface area (Å²) in [5, 5.41) is 10.2. The van der Waals surface area contributed by atoms with Gasteiger partial charge < -0.3 is 14.7 Å². The second-order valence-corrected chi connectivity index (χ2v) is 8.51. The molecule has 21 heavy (non-hydrogen) atoms. The Kier molecular flexibility index (Phi) is 6.10. The van der Waals surface area contributed by atoms with Crippen LogP contribution in [0.1, 0.15) is 59.8 Å². The molecule has 0 amide bonds. The van der Waals surface area contributed by atoms with E-state index in [1.54, 1.807) is 0 Å². The molecular formula is C18H35NO2. The van der Waals surface area contributed by atoms with Gasteiger partial charge in [0.25, 0.3) is 0 Å². The fraction of sp³-hybridized carbons (Fsp3) is 1.00. The lowest BCUT2D eigenvalue weighted by molar-refractivity contribution is -0.0626. The van der Waals surface area contributed by atoms with Crippen LogP contribution in [0.5, 0.6) is 0 Å². The second kappa shape index (κ2) is 7.43. The minimum atomic E-state index is -0.334. The van der Waals surface area contributed by atoms with E-state index in [-0.39, 0.29) is 6.10 Å². The summed E-state index contributed by atoms with van der Waals surface area (Å²) in [6.07, 6.45) is 6.10. The molecule has 2 aliphatic rings. The van der Waals surface area contributed by atoms with Gasteiger partial charge in [0, 0.05) is 6.54 Å². The highest BCUT2D eigenvalue weighted by molar-refractivity contribution is 4.83. The van der Waals surface area contributed by atoms with Crippen molar-refractivity contribution in [1.82, 2.24) is 4.90 Å². The molecule has 0 radical (unpaired) electrons. The first-order chi connectivity index (χ1) is 9.84. The van der Waals surface area contributed by atoms with E-state index in [2.05, 4.69) is 32.6 Å². The van der Waals surface area contributed by atoms with Gasteiger partial charge in [0.15, 0.2) is 0 Å². The molecule has 0 bridgehead atoms. The molecule has 3 atom stereocenters. The van der Waals surface area contributed by atoms with Crippen LogP contribution < -0.4 is 0 Å². The van der Waals surface area contributed by atoms with Crippen molar-refractivity contribution in [2.75, 3.05) is 26.2 Å². The Morgan fingerprint density at radius 3 is 2.43 bits per heavy atom. The zero-order chi connectivity index (χ0) is 15.5. The van der Waals surface area contributed by atoms with Crippen LogP contribution in [0.2, 0.25) is 0 Å². The van der Waals surface area contributed by atoms with E-state index in [4.69, 9.17) is 4.74 Å². The van der Waals surface area contributed by atoms with Gasteiger partial charge in [0.05, 0.1) is 18.8 Å². The van der Waals surface area contributed by atoms with E-state index >= 15 is 0 Å². The van der Waals surface area contributed by atoms with Gasteiger partial charge in [-0.3, -0.25) is 0 Å². The monoisotopic (exact) mass is 297 g/mol. The number of β-amino-alcohol motifs (C(OH)–C–C–N with tert-alkyl or cyclic N) is 1. The molecule has 3 unspecified atom stereocenters. The summed E-state index contributed by atoms with van der Waals surface area (Å²) in [6, 6.07) is 0. The summed E-state index contributed by atoms with van der Waals surface area (Å²) < 4.78 is 6.04. The van der Waals surface area contributed by atoms with Crippen LogP contribution in [0, 0.1) is 17.3 Å². The predicted molar refractivity (Wildman–Crippen MR) is 87.4 cm³/mol. The van der Waals surface area contributed by atoms with Gasteiger partial charge in [-0.1, -0.05) is 27.7 Å². The van der Waals surface area contributed by atoms with E-state index in [9.17, 15) is 5.11 Å². The number of hydrogen-bond donors (Lipinski definition) is 1. The Hall–Kier alpha value is -0.120. The largest absolute Gasteiger partial charge is 0.389 e. The van der Waals surface area contributed by atoms with Gasteiger partial charge in [0.1, 0.15) is 0 Å². The quantitative estimate of drug-likeness (QED) is 0.845. The van der Waals surface area contributed by atoms with Crippen LogP contribution >= 0.6 is 0 Å². The summed E-state index contributed by atoms with van der Waals surface area (Å²) in [4.78, 5) is 2.39. The summed E-state index contributed by atoms with van der Waals surface area (Å²) in [6.45, 7) is 12.9. The zero-order valence-electron chi connectivity index (χ0n) is 14.5. The molecule has 1 N–H and O–H groups in total. The van der Waals surface area contributed by atoms with Gasteiger partial charge >= 0.3 is 0 Å². The first-order valence-electron chi connectivity index (χ1n) is 8.86. The fourth-order valence-corrected chi connectivity index (χ4v) is 4.23. The SMILES string of the molecule is CC1CCN(CC(O)COC2CC(C)CC(C)(C)C2)CC1. The minimum Gasteiger partial charge on any atom is -0.389 e. The van der Waals surface area contributed by atoms with Crippen LogP contribution in [0.15, 0.2) is 0 Å². The normalized spacial score (nSPS) is 33.0. The smallest absolute Gasteiger partial charge is 0.0900 e. The zero-order valence-corrected chi connectivity index (χ0v) is 14.5. The van der Waals surface area contributed by atoms with Crippen molar-refractivity contribution in [3.63, 3.8) is 0 Å². The number of piperidine rings is 1. The highest BCUT2D eigenvalue weighted by Crippen LogP contribution is 2.39. The van der Waals surface area contributed by atoms with Crippen molar-refractivity contribution in [2.45, 2.75) is 72.0 Å². The summed E-state index contributed by atoms with van der Waals surface area (Å²) >= 11 is 0. The number of ether oxygens (including phenoxy) is 1. The number of aliphatic hydroxyl groups is 1. The van der Waals surface area contributed by atoms with Gasteiger partial charge in [-0.05, 0) is 62.4 Å². The van der Waals surface area contributed by atoms with Gasteiger partial charge in [-0.15, -0.1) is 0 Å². The van der Waals surface area contributed by atoms with Crippen molar-refractivity contribution in [1.29, 1.82) is 0 Å². The van der Waals surface area contributed by atoms with Crippen molar-refractivity contribution in [3.8, 4) is 0 Å². The maximum Gasteiger partial charge on any atom is 0.0900 e. The predicted octanol–water partition coefficient (Wildman–Crippen LogP) is 3.31. The molecule has 1 saturated heterocycles. The summed E-state index contributed by atoms with van der Waals surface area (Å²) in [7, 11) is 0. The second-order valence-electron chi connectivity index (χ2n) is 8.51. The number of rotatable bonds is 5. The number of hydrogen-bond acceptors (Lipinski definition) is 3. The molecule has 0 aromatic rings. The van der Waals surface area contributed by atoms with Crippen LogP contribution in [0.3, 0.4) is 0 Å². The number of aliphatic hydroxyl groups excluding tert-OH is 1. The van der Waals surface area contributed by atoms with Crippen molar-refractivity contribution < 1.29 is 9.84 Å². The first-order valence-corrected chi connectivity index (χ1v) is 8.86. The average Bonchev–Trinajstić information content (AvgIpc) is 2.37. The van der Waals surface area contributed by atoms with Crippen molar-refractivity contribution >= 4 is 0 Å². The Morgan fingerprint density at radius 1 is 1.14 bits per heavy atom. The summed E-state index contributed by atoms with van der Waals surface area (Å²) in [5.41, 5.74) is 0.385. The molecule has 2 rings (SSSR count). The third-order valence-corrected chi connectivity index (χ3v) is 5.22. The molecule has 0 spiro atoms. The van der Waals surface area contributed by atoms with Crippen LogP contribution in [0.4, 0.5) is 0 Å². The van der Waals surface area contributed by atoms with E-state index < -0.39 is 0 Å². The van der Waals surface area contributed by atoms with Crippen LogP contribution in [-0.2, 0) is 4.74 Å². The lowest BCUT2D eigenvalue weighted by Gasteiger charge is -2.39. The van der Waals surface area contributed by atoms with Crippen LogP contribution in [-0.4, -0.2) is 48.5 Å². The standard InChI is InChI=1S/C18H35NO2/c1-14-5-7-19(8-6-14)12-16(20)13-21-17-9-15(2)10-18(3,4)11-17/h14-17,20H,5-13H2,1-4H3. The fourth-order valence-electron chi connectivity index (χ4n) is 4.23. The van der Waals surface area contributed by atoms with E-state index in [0.29, 0.717) is 18.1 Å². The van der Waals surface area contributed by atoms with E-state index in [0.717, 1.165) is 44.3 Å². The third kappa shape index (κ3) is 5.88. The molecule has 0 aromatic carbocycles. The van der Waals surface area contributed by atoms with E-state index in [1.165, 1.54) is 19.3 Å². The van der Waals surface area contributed by atoms with Crippen LogP contribution in [0.25, 0.3) is 0 Å². The Labute approximate surface area is 131 Å². The van der Waals surface area contributed by atoms with Crippen molar-refractivity contribution in [2.24, 2.45) is 17.3 Å². The maximum atomic E-state index is 10.2. The molecule has 1 aliphatic heterocycles. The molecule has 1 heterocycles. The molecule has 0 aromatic heterocycles. The molecule has 1 saturated carbocycles. The highest BCUT2D eigenvalue weighted by Gasteiger charge is 2.32. The average molecular weight is 297 g/mol. The van der Waals surface area contributed by atoms with Gasteiger partial charge in [-0.25, -0.2) is 0 Å². The third-order valence-electron chi connectivity index (χ3n) is 5.22. The Bertz CT molecular complexity index is 310. The summed E-state index contributed by atoms with van der Waals surface area (Å²) in [5.74, 6) is 1.58. The van der Waals surface area contributed by atoms with Crippen molar-refractivity contribution in [3.05, 3.63) is 0 Å². The maximum absolute atomic E-state index is 10.2. The lowest BCUT2D eigenvalue weighted by atomic mass is 9.71. The number of nitrogens with zero attached hydrogens (tertiary/aromatic N) is 1. The first kappa shape index (κ1) is 17.2. The highest BCUT2D eigenvalue weighted by atomic mass is 16.5. The lowest BCUT2D eigenvalue weighted by Crippen LogP contribution is -2.41. The Balaban J connectivity index is 1.67. The topological polar surface area (TPSA) is 32.7 Å². The minimum absolute atomic E-state index is 0.333. The molecule has 3 heteroatoms. The molecule has 3 nitrogen and oxygen atoms in total. The number of likely N-dealkylation sites (tertiary alicyclic amines) is 1. The Morgan fingerprint density at radius 2 is 1.81 bits per heavy atom. The molecule has 1 aliphatic carbocycles.